The number of unbranched alkanes of at least 4 members (excludes halogenated alkanes) is 1. The van der Waals surface area contributed by atoms with E-state index in [1.807, 2.05) is 6.92 Å². The van der Waals surface area contributed by atoms with Crippen LogP contribution < -0.4 is 0 Å². The quantitative estimate of drug-likeness (QED) is 0.690. The number of hydrogen-bond donors (Lipinski definition) is 0. The second kappa shape index (κ2) is 6.79. The number of Topliss-reactive ketones (excluding diaryl/α,β-unsaturated/α-hetero) is 1. The summed E-state index contributed by atoms with van der Waals surface area (Å²) >= 11 is 0. The van der Waals surface area contributed by atoms with Gasteiger partial charge in [0.15, 0.2) is 0 Å². The summed E-state index contributed by atoms with van der Waals surface area (Å²) in [5.41, 5.74) is -0.426. The molecule has 0 N–H and O–H groups in total. The fourth-order valence-electron chi connectivity index (χ4n) is 2.70. The molecule has 1 fully saturated rings. The Balaban J connectivity index is 2.49. The van der Waals surface area contributed by atoms with E-state index in [9.17, 15) is 10.1 Å². The molecule has 1 aliphatic rings. The number of nitriles is 1. The van der Waals surface area contributed by atoms with Crippen molar-refractivity contribution in [2.45, 2.75) is 71.6 Å². The van der Waals surface area contributed by atoms with Gasteiger partial charge in [0.2, 0.25) is 0 Å². The van der Waals surface area contributed by atoms with E-state index < -0.39 is 5.41 Å². The number of nitrogens with zero attached hydrogens (tertiary/aromatic N) is 1. The van der Waals surface area contributed by atoms with Crippen LogP contribution in [0.1, 0.15) is 71.6 Å². The highest BCUT2D eigenvalue weighted by Gasteiger charge is 2.30. The van der Waals surface area contributed by atoms with Crippen LogP contribution in [0, 0.1) is 22.7 Å². The molecule has 0 amide bonds. The van der Waals surface area contributed by atoms with Crippen LogP contribution in [0.5, 0.6) is 0 Å². The first-order chi connectivity index (χ1) is 8.11. The van der Waals surface area contributed by atoms with Crippen LogP contribution in [-0.4, -0.2) is 5.78 Å². The molecule has 1 atom stereocenters. The highest BCUT2D eigenvalue weighted by atomic mass is 16.1. The Morgan fingerprint density at radius 2 is 2.00 bits per heavy atom. The van der Waals surface area contributed by atoms with Crippen molar-refractivity contribution in [1.29, 1.82) is 5.26 Å². The van der Waals surface area contributed by atoms with Crippen molar-refractivity contribution in [1.82, 2.24) is 0 Å². The Bertz CT molecular complexity index is 286. The number of ketones is 1. The maximum absolute atomic E-state index is 12.2. The van der Waals surface area contributed by atoms with E-state index in [0.29, 0.717) is 12.2 Å². The van der Waals surface area contributed by atoms with Gasteiger partial charge < -0.3 is 0 Å². The Kier molecular flexibility index (Phi) is 5.68. The zero-order chi connectivity index (χ0) is 12.7. The summed E-state index contributed by atoms with van der Waals surface area (Å²) in [6, 6.07) is 2.36. The molecule has 0 aromatic carbocycles. The molecule has 0 aromatic heterocycles. The van der Waals surface area contributed by atoms with E-state index in [-0.39, 0.29) is 5.92 Å². The van der Waals surface area contributed by atoms with Crippen LogP contribution in [0.25, 0.3) is 0 Å². The third-order valence-electron chi connectivity index (χ3n) is 3.98. The van der Waals surface area contributed by atoms with Gasteiger partial charge in [-0.15, -0.1) is 0 Å². The average molecular weight is 235 g/mol. The molecular formula is C15H25NO. The molecule has 96 valence electrons. The molecule has 0 radical (unpaired) electrons. The number of carbonyl (C=O) groups excluding carboxylic acids is 1. The Morgan fingerprint density at radius 3 is 2.53 bits per heavy atom. The zero-order valence-corrected chi connectivity index (χ0v) is 11.3. The minimum atomic E-state index is -0.426. The van der Waals surface area contributed by atoms with Crippen LogP contribution in [0.15, 0.2) is 0 Å². The van der Waals surface area contributed by atoms with Crippen LogP contribution >= 0.6 is 0 Å². The first kappa shape index (κ1) is 14.2. The van der Waals surface area contributed by atoms with Crippen LogP contribution in [-0.2, 0) is 4.79 Å². The highest BCUT2D eigenvalue weighted by molar-refractivity contribution is 5.82. The van der Waals surface area contributed by atoms with Crippen molar-refractivity contribution in [2.75, 3.05) is 0 Å². The molecule has 17 heavy (non-hydrogen) atoms. The lowest BCUT2D eigenvalue weighted by Gasteiger charge is -2.25. The van der Waals surface area contributed by atoms with E-state index in [1.54, 1.807) is 0 Å². The maximum Gasteiger partial charge on any atom is 0.137 e. The van der Waals surface area contributed by atoms with Gasteiger partial charge >= 0.3 is 0 Å². The minimum absolute atomic E-state index is 0.248. The molecule has 0 aromatic rings. The predicted octanol–water partition coefficient (Wildman–Crippen LogP) is 4.25. The van der Waals surface area contributed by atoms with Crippen LogP contribution in [0.3, 0.4) is 0 Å². The minimum Gasteiger partial charge on any atom is -0.299 e. The van der Waals surface area contributed by atoms with Crippen molar-refractivity contribution < 1.29 is 4.79 Å². The summed E-state index contributed by atoms with van der Waals surface area (Å²) in [5, 5.41) is 9.26. The summed E-state index contributed by atoms with van der Waals surface area (Å²) in [6.07, 6.45) is 9.21. The van der Waals surface area contributed by atoms with Crippen molar-refractivity contribution in [3.8, 4) is 6.07 Å². The summed E-state index contributed by atoms with van der Waals surface area (Å²) in [6.45, 7) is 4.07. The fourth-order valence-corrected chi connectivity index (χ4v) is 2.70. The zero-order valence-electron chi connectivity index (χ0n) is 11.3. The number of hydrogen-bond acceptors (Lipinski definition) is 2. The standard InChI is InChI=1S/C15H25NO/c1-3-4-10-15(2,12-16)11-14(17)13-8-6-5-7-9-13/h13H,3-11H2,1-2H3/t15-/m0/s1. The fraction of sp³-hybridized carbons (Fsp3) is 0.867. The summed E-state index contributed by atoms with van der Waals surface area (Å²) in [7, 11) is 0. The lowest BCUT2D eigenvalue weighted by molar-refractivity contribution is -0.125. The van der Waals surface area contributed by atoms with Gasteiger partial charge in [0, 0.05) is 12.3 Å². The topological polar surface area (TPSA) is 40.9 Å². The summed E-state index contributed by atoms with van der Waals surface area (Å²) in [5.74, 6) is 0.586. The first-order valence-corrected chi connectivity index (χ1v) is 7.05. The van der Waals surface area contributed by atoms with E-state index in [1.165, 1.54) is 19.3 Å². The molecule has 1 aliphatic carbocycles. The number of rotatable bonds is 6. The highest BCUT2D eigenvalue weighted by Crippen LogP contribution is 2.32. The molecule has 2 nitrogen and oxygen atoms in total. The molecule has 1 rings (SSSR count). The molecular weight excluding hydrogens is 210 g/mol. The van der Waals surface area contributed by atoms with Crippen molar-refractivity contribution >= 4 is 5.78 Å². The van der Waals surface area contributed by atoms with Gasteiger partial charge in [0.05, 0.1) is 11.5 Å². The van der Waals surface area contributed by atoms with Gasteiger partial charge in [0.25, 0.3) is 0 Å². The lowest BCUT2D eigenvalue weighted by atomic mass is 9.76. The van der Waals surface area contributed by atoms with Crippen molar-refractivity contribution in [3.05, 3.63) is 0 Å². The van der Waals surface area contributed by atoms with E-state index in [2.05, 4.69) is 13.0 Å². The van der Waals surface area contributed by atoms with Crippen molar-refractivity contribution in [3.63, 3.8) is 0 Å². The second-order valence-electron chi connectivity index (χ2n) is 5.75. The van der Waals surface area contributed by atoms with Gasteiger partial charge in [-0.2, -0.15) is 5.26 Å². The van der Waals surface area contributed by atoms with Crippen LogP contribution in [0.4, 0.5) is 0 Å². The predicted molar refractivity (Wildman–Crippen MR) is 69.4 cm³/mol. The molecule has 0 saturated heterocycles. The van der Waals surface area contributed by atoms with E-state index >= 15 is 0 Å². The monoisotopic (exact) mass is 235 g/mol. The van der Waals surface area contributed by atoms with Gasteiger partial charge in [-0.1, -0.05) is 39.0 Å². The second-order valence-corrected chi connectivity index (χ2v) is 5.75. The molecule has 0 bridgehead atoms. The molecule has 0 heterocycles. The first-order valence-electron chi connectivity index (χ1n) is 7.05. The smallest absolute Gasteiger partial charge is 0.137 e. The Labute approximate surface area is 105 Å². The van der Waals surface area contributed by atoms with Gasteiger partial charge in [-0.25, -0.2) is 0 Å². The van der Waals surface area contributed by atoms with Crippen molar-refractivity contribution in [2.24, 2.45) is 11.3 Å². The molecule has 0 aliphatic heterocycles. The van der Waals surface area contributed by atoms with Gasteiger partial charge in [-0.3, -0.25) is 4.79 Å². The van der Waals surface area contributed by atoms with Gasteiger partial charge in [0.1, 0.15) is 5.78 Å². The number of carbonyl (C=O) groups is 1. The Hall–Kier alpha value is -0.840. The van der Waals surface area contributed by atoms with Gasteiger partial charge in [-0.05, 0) is 26.2 Å². The molecule has 1 saturated carbocycles. The normalized spacial score (nSPS) is 20.5. The lowest BCUT2D eigenvalue weighted by Crippen LogP contribution is -2.25. The largest absolute Gasteiger partial charge is 0.299 e. The summed E-state index contributed by atoms with van der Waals surface area (Å²) < 4.78 is 0. The Morgan fingerprint density at radius 1 is 1.35 bits per heavy atom. The van der Waals surface area contributed by atoms with Crippen LogP contribution in [0.2, 0.25) is 0 Å². The molecule has 2 heteroatoms. The van der Waals surface area contributed by atoms with E-state index in [4.69, 9.17) is 0 Å². The molecule has 0 unspecified atom stereocenters. The third-order valence-corrected chi connectivity index (χ3v) is 3.98. The van der Waals surface area contributed by atoms with E-state index in [0.717, 1.165) is 32.1 Å². The molecule has 0 spiro atoms. The average Bonchev–Trinajstić information content (AvgIpc) is 2.37. The SMILES string of the molecule is CCCC[C@](C)(C#N)CC(=O)C1CCCCC1. The summed E-state index contributed by atoms with van der Waals surface area (Å²) in [4.78, 5) is 12.2. The maximum atomic E-state index is 12.2. The third kappa shape index (κ3) is 4.50.